The summed E-state index contributed by atoms with van der Waals surface area (Å²) >= 11 is 5.63. The molecule has 1 amide bonds. The molecule has 4 nitrogen and oxygen atoms in total. The Hall–Kier alpha value is -2.11. The van der Waals surface area contributed by atoms with Crippen LogP contribution in [0, 0.1) is 5.82 Å². The molecule has 0 atom stereocenters. The molecule has 2 rings (SSSR count). The molecule has 0 aromatic heterocycles. The topological polar surface area (TPSA) is 64.3 Å². The summed E-state index contributed by atoms with van der Waals surface area (Å²) in [6.07, 6.45) is 0. The lowest BCUT2D eigenvalue weighted by Crippen LogP contribution is -2.20. The number of hydrogen-bond acceptors (Lipinski definition) is 3. The van der Waals surface area contributed by atoms with Gasteiger partial charge >= 0.3 is 0 Å². The van der Waals surface area contributed by atoms with Crippen molar-refractivity contribution in [2.45, 2.75) is 6.54 Å². The first-order valence-electron chi connectivity index (χ1n) is 6.25. The predicted molar refractivity (Wildman–Crippen MR) is 79.9 cm³/mol. The van der Waals surface area contributed by atoms with E-state index in [4.69, 9.17) is 22.1 Å². The maximum atomic E-state index is 13.0. The van der Waals surface area contributed by atoms with Crippen molar-refractivity contribution in [1.82, 2.24) is 0 Å². The van der Waals surface area contributed by atoms with E-state index in [2.05, 4.69) is 5.32 Å². The second kappa shape index (κ2) is 7.06. The average Bonchev–Trinajstić information content (AvgIpc) is 2.49. The molecule has 2 aromatic carbocycles. The molecule has 0 saturated carbocycles. The van der Waals surface area contributed by atoms with E-state index >= 15 is 0 Å². The number of nitrogens with one attached hydrogen (secondary N) is 1. The standard InChI is InChI=1S/C15H14ClFN2O2/c16-13-7-11(3-6-14(13)17)19-15(20)9-21-12-4-1-10(8-18)2-5-12/h1-7H,8-9,18H2,(H,19,20). The highest BCUT2D eigenvalue weighted by Crippen LogP contribution is 2.19. The predicted octanol–water partition coefficient (Wildman–Crippen LogP) is 2.96. The molecule has 0 radical (unpaired) electrons. The Morgan fingerprint density at radius 1 is 1.24 bits per heavy atom. The van der Waals surface area contributed by atoms with Gasteiger partial charge < -0.3 is 15.8 Å². The number of benzene rings is 2. The Labute approximate surface area is 126 Å². The van der Waals surface area contributed by atoms with Crippen LogP contribution in [0.3, 0.4) is 0 Å². The minimum atomic E-state index is -0.536. The van der Waals surface area contributed by atoms with E-state index < -0.39 is 5.82 Å². The second-order valence-corrected chi connectivity index (χ2v) is 4.72. The van der Waals surface area contributed by atoms with Gasteiger partial charge in [0.1, 0.15) is 11.6 Å². The third-order valence-corrected chi connectivity index (χ3v) is 3.02. The molecule has 3 N–H and O–H groups in total. The third-order valence-electron chi connectivity index (χ3n) is 2.73. The molecule has 0 aliphatic carbocycles. The Kier molecular flexibility index (Phi) is 5.14. The van der Waals surface area contributed by atoms with Gasteiger partial charge in [0.2, 0.25) is 0 Å². The monoisotopic (exact) mass is 308 g/mol. The first-order chi connectivity index (χ1) is 10.1. The molecule has 0 aliphatic heterocycles. The summed E-state index contributed by atoms with van der Waals surface area (Å²) in [6.45, 7) is 0.295. The number of hydrogen-bond donors (Lipinski definition) is 2. The van der Waals surface area contributed by atoms with Gasteiger partial charge in [-0.15, -0.1) is 0 Å². The summed E-state index contributed by atoms with van der Waals surface area (Å²) in [5.74, 6) is -0.328. The third kappa shape index (κ3) is 4.44. The fourth-order valence-corrected chi connectivity index (χ4v) is 1.82. The second-order valence-electron chi connectivity index (χ2n) is 4.31. The van der Waals surface area contributed by atoms with E-state index in [1.165, 1.54) is 18.2 Å². The summed E-state index contributed by atoms with van der Waals surface area (Å²) in [4.78, 5) is 11.7. The Bertz CT molecular complexity index is 632. The number of anilines is 1. The van der Waals surface area contributed by atoms with Gasteiger partial charge in [0.25, 0.3) is 5.91 Å². The normalized spacial score (nSPS) is 10.2. The maximum Gasteiger partial charge on any atom is 0.262 e. The average molecular weight is 309 g/mol. The summed E-state index contributed by atoms with van der Waals surface area (Å²) in [5.41, 5.74) is 6.88. The Morgan fingerprint density at radius 2 is 1.95 bits per heavy atom. The summed E-state index contributed by atoms with van der Waals surface area (Å²) in [7, 11) is 0. The molecule has 0 heterocycles. The number of carbonyl (C=O) groups is 1. The van der Waals surface area contributed by atoms with Crippen molar-refractivity contribution in [2.75, 3.05) is 11.9 Å². The highest BCUT2D eigenvalue weighted by Gasteiger charge is 2.06. The molecule has 0 bridgehead atoms. The van der Waals surface area contributed by atoms with E-state index in [-0.39, 0.29) is 17.5 Å². The maximum absolute atomic E-state index is 13.0. The largest absolute Gasteiger partial charge is 0.484 e. The van der Waals surface area contributed by atoms with Gasteiger partial charge in [-0.1, -0.05) is 23.7 Å². The first-order valence-corrected chi connectivity index (χ1v) is 6.63. The number of rotatable bonds is 5. The van der Waals surface area contributed by atoms with Crippen LogP contribution in [0.5, 0.6) is 5.75 Å². The van der Waals surface area contributed by atoms with Crippen molar-refractivity contribution in [2.24, 2.45) is 5.73 Å². The number of amides is 1. The zero-order valence-electron chi connectivity index (χ0n) is 11.1. The molecule has 0 spiro atoms. The van der Waals surface area contributed by atoms with Crippen molar-refractivity contribution < 1.29 is 13.9 Å². The Morgan fingerprint density at radius 3 is 2.57 bits per heavy atom. The first kappa shape index (κ1) is 15.3. The molecular formula is C15H14ClFN2O2. The lowest BCUT2D eigenvalue weighted by molar-refractivity contribution is -0.118. The van der Waals surface area contributed by atoms with Gasteiger partial charge in [0, 0.05) is 12.2 Å². The molecular weight excluding hydrogens is 295 g/mol. The van der Waals surface area contributed by atoms with Crippen LogP contribution in [0.4, 0.5) is 10.1 Å². The van der Waals surface area contributed by atoms with Crippen LogP contribution in [0.25, 0.3) is 0 Å². The summed E-state index contributed by atoms with van der Waals surface area (Å²) < 4.78 is 18.3. The number of nitrogens with two attached hydrogens (primary N) is 1. The number of halogens is 2. The quantitative estimate of drug-likeness (QED) is 0.892. The molecule has 110 valence electrons. The molecule has 0 unspecified atom stereocenters. The number of ether oxygens (including phenoxy) is 1. The highest BCUT2D eigenvalue weighted by atomic mass is 35.5. The summed E-state index contributed by atoms with van der Waals surface area (Å²) in [6, 6.07) is 11.1. The van der Waals surface area contributed by atoms with E-state index in [1.807, 2.05) is 12.1 Å². The highest BCUT2D eigenvalue weighted by molar-refractivity contribution is 6.31. The van der Waals surface area contributed by atoms with E-state index in [1.54, 1.807) is 12.1 Å². The minimum absolute atomic E-state index is 0.0499. The van der Waals surface area contributed by atoms with Crippen LogP contribution in [0.1, 0.15) is 5.56 Å². The van der Waals surface area contributed by atoms with Crippen molar-refractivity contribution >= 4 is 23.2 Å². The SMILES string of the molecule is NCc1ccc(OCC(=O)Nc2ccc(F)c(Cl)c2)cc1. The van der Waals surface area contributed by atoms with E-state index in [0.717, 1.165) is 5.56 Å². The van der Waals surface area contributed by atoms with Gasteiger partial charge in [0.05, 0.1) is 5.02 Å². The van der Waals surface area contributed by atoms with E-state index in [9.17, 15) is 9.18 Å². The van der Waals surface area contributed by atoms with Gasteiger partial charge in [-0.2, -0.15) is 0 Å². The van der Waals surface area contributed by atoms with Gasteiger partial charge in [-0.05, 0) is 35.9 Å². The van der Waals surface area contributed by atoms with Gasteiger partial charge in [-0.25, -0.2) is 4.39 Å². The van der Waals surface area contributed by atoms with Gasteiger partial charge in [-0.3, -0.25) is 4.79 Å². The van der Waals surface area contributed by atoms with Crippen molar-refractivity contribution in [3.05, 3.63) is 58.9 Å². The zero-order valence-corrected chi connectivity index (χ0v) is 11.9. The lowest BCUT2D eigenvalue weighted by Gasteiger charge is -2.08. The fourth-order valence-electron chi connectivity index (χ4n) is 1.64. The summed E-state index contributed by atoms with van der Waals surface area (Å²) in [5, 5.41) is 2.52. The molecule has 0 fully saturated rings. The number of carbonyl (C=O) groups excluding carboxylic acids is 1. The molecule has 6 heteroatoms. The van der Waals surface area contributed by atoms with Crippen molar-refractivity contribution in [3.8, 4) is 5.75 Å². The molecule has 2 aromatic rings. The van der Waals surface area contributed by atoms with Gasteiger partial charge in [0.15, 0.2) is 6.61 Å². The van der Waals surface area contributed by atoms with Crippen LogP contribution in [0.15, 0.2) is 42.5 Å². The smallest absolute Gasteiger partial charge is 0.262 e. The minimum Gasteiger partial charge on any atom is -0.484 e. The Balaban J connectivity index is 1.87. The molecule has 21 heavy (non-hydrogen) atoms. The molecule has 0 saturated heterocycles. The fraction of sp³-hybridized carbons (Fsp3) is 0.133. The lowest BCUT2D eigenvalue weighted by atomic mass is 10.2. The van der Waals surface area contributed by atoms with Crippen LogP contribution in [0.2, 0.25) is 5.02 Å². The van der Waals surface area contributed by atoms with Crippen LogP contribution < -0.4 is 15.8 Å². The molecule has 0 aliphatic rings. The van der Waals surface area contributed by atoms with Crippen molar-refractivity contribution in [3.63, 3.8) is 0 Å². The van der Waals surface area contributed by atoms with Crippen LogP contribution in [-0.4, -0.2) is 12.5 Å². The van der Waals surface area contributed by atoms with Crippen LogP contribution >= 0.6 is 11.6 Å². The van der Waals surface area contributed by atoms with E-state index in [0.29, 0.717) is 18.0 Å². The zero-order chi connectivity index (χ0) is 15.2. The van der Waals surface area contributed by atoms with Crippen molar-refractivity contribution in [1.29, 1.82) is 0 Å². The van der Waals surface area contributed by atoms with Crippen LogP contribution in [-0.2, 0) is 11.3 Å².